The summed E-state index contributed by atoms with van der Waals surface area (Å²) < 4.78 is 39.7. The van der Waals surface area contributed by atoms with E-state index in [0.717, 1.165) is 17.8 Å². The highest BCUT2D eigenvalue weighted by atomic mass is 35.5. The van der Waals surface area contributed by atoms with Gasteiger partial charge in [-0.3, -0.25) is 4.57 Å². The van der Waals surface area contributed by atoms with Gasteiger partial charge in [0.25, 0.3) is 0 Å². The van der Waals surface area contributed by atoms with Crippen LogP contribution in [0.15, 0.2) is 53.5 Å². The first-order valence-corrected chi connectivity index (χ1v) is 7.96. The van der Waals surface area contributed by atoms with E-state index in [0.29, 0.717) is 28.3 Å². The minimum absolute atomic E-state index is 0.327. The molecule has 0 aliphatic carbocycles. The van der Waals surface area contributed by atoms with E-state index >= 15 is 0 Å². The van der Waals surface area contributed by atoms with E-state index in [9.17, 15) is 18.0 Å². The van der Waals surface area contributed by atoms with Crippen LogP contribution in [0.3, 0.4) is 0 Å². The van der Waals surface area contributed by atoms with Gasteiger partial charge in [-0.1, -0.05) is 36.7 Å². The van der Waals surface area contributed by atoms with Gasteiger partial charge in [0, 0.05) is 17.5 Å². The molecule has 3 nitrogen and oxygen atoms in total. The van der Waals surface area contributed by atoms with Crippen LogP contribution < -0.4 is 5.69 Å². The maximum absolute atomic E-state index is 12.8. The third kappa shape index (κ3) is 3.35. The minimum Gasteiger partial charge on any atom is -0.310 e. The molecule has 2 aromatic carbocycles. The average molecular weight is 367 g/mol. The van der Waals surface area contributed by atoms with Crippen molar-refractivity contribution in [2.75, 3.05) is 0 Å². The Morgan fingerprint density at radius 2 is 1.80 bits per heavy atom. The van der Waals surface area contributed by atoms with Crippen molar-refractivity contribution in [3.05, 3.63) is 75.4 Å². The summed E-state index contributed by atoms with van der Waals surface area (Å²) in [7, 11) is 0. The van der Waals surface area contributed by atoms with Crippen LogP contribution in [0.4, 0.5) is 13.2 Å². The van der Waals surface area contributed by atoms with Gasteiger partial charge in [0.2, 0.25) is 0 Å². The van der Waals surface area contributed by atoms with E-state index in [-0.39, 0.29) is 5.69 Å². The number of rotatable bonds is 3. The number of imidazole rings is 1. The van der Waals surface area contributed by atoms with Crippen LogP contribution in [0, 0.1) is 0 Å². The number of hydrogen-bond donors (Lipinski definition) is 1. The van der Waals surface area contributed by atoms with E-state index in [1.807, 2.05) is 6.92 Å². The third-order valence-corrected chi connectivity index (χ3v) is 4.22. The zero-order valence-corrected chi connectivity index (χ0v) is 13.9. The second kappa shape index (κ2) is 6.44. The molecule has 1 heterocycles. The quantitative estimate of drug-likeness (QED) is 0.690. The van der Waals surface area contributed by atoms with E-state index < -0.39 is 11.7 Å². The topological polar surface area (TPSA) is 37.8 Å². The Morgan fingerprint density at radius 1 is 1.12 bits per heavy atom. The zero-order valence-electron chi connectivity index (χ0n) is 13.2. The molecule has 0 fully saturated rings. The summed E-state index contributed by atoms with van der Waals surface area (Å²) in [4.78, 5) is 14.9. The Kier molecular flexibility index (Phi) is 4.47. The lowest BCUT2D eigenvalue weighted by Crippen LogP contribution is -2.15. The summed E-state index contributed by atoms with van der Waals surface area (Å²) in [6.45, 7) is 1.91. The SMILES string of the molecule is CCc1cn(-c2cccc(Cl)c2-c2ccc(C(F)(F)F)cc2)c(=O)[nH]1. The second-order valence-corrected chi connectivity index (χ2v) is 5.92. The molecule has 7 heteroatoms. The fraction of sp³-hybridized carbons (Fsp3) is 0.167. The summed E-state index contributed by atoms with van der Waals surface area (Å²) in [6, 6.07) is 9.73. The van der Waals surface area contributed by atoms with E-state index in [4.69, 9.17) is 11.6 Å². The molecule has 25 heavy (non-hydrogen) atoms. The number of halogens is 4. The molecule has 0 saturated carbocycles. The number of hydrogen-bond acceptors (Lipinski definition) is 1. The fourth-order valence-electron chi connectivity index (χ4n) is 2.63. The first kappa shape index (κ1) is 17.4. The van der Waals surface area contributed by atoms with Crippen LogP contribution >= 0.6 is 11.6 Å². The molecule has 0 aliphatic heterocycles. The first-order valence-electron chi connectivity index (χ1n) is 7.58. The molecule has 0 unspecified atom stereocenters. The number of nitrogens with zero attached hydrogens (tertiary/aromatic N) is 1. The molecule has 0 aliphatic rings. The smallest absolute Gasteiger partial charge is 0.310 e. The molecule has 3 rings (SSSR count). The Balaban J connectivity index is 2.17. The highest BCUT2D eigenvalue weighted by molar-refractivity contribution is 6.33. The average Bonchev–Trinajstić information content (AvgIpc) is 2.95. The van der Waals surface area contributed by atoms with E-state index in [1.54, 1.807) is 24.4 Å². The Hall–Kier alpha value is -2.47. The number of aryl methyl sites for hydroxylation is 1. The third-order valence-electron chi connectivity index (χ3n) is 3.90. The van der Waals surface area contributed by atoms with Gasteiger partial charge < -0.3 is 4.98 Å². The summed E-state index contributed by atoms with van der Waals surface area (Å²) >= 11 is 6.29. The number of alkyl halides is 3. The summed E-state index contributed by atoms with van der Waals surface area (Å²) in [5.41, 5.74) is 1.20. The van der Waals surface area contributed by atoms with Crippen LogP contribution in [0.5, 0.6) is 0 Å². The predicted octanol–water partition coefficient (Wildman–Crippen LogP) is 5.07. The van der Waals surface area contributed by atoms with Crippen molar-refractivity contribution in [1.29, 1.82) is 0 Å². The van der Waals surface area contributed by atoms with Crippen molar-refractivity contribution in [3.63, 3.8) is 0 Å². The number of aromatic nitrogens is 2. The molecular formula is C18H14ClF3N2O. The Morgan fingerprint density at radius 3 is 2.36 bits per heavy atom. The molecule has 0 spiro atoms. The standard InChI is InChI=1S/C18H14ClF3N2O/c1-2-13-10-24(17(25)23-13)15-5-3-4-14(19)16(15)11-6-8-12(9-7-11)18(20,21)22/h3-10H,2H2,1H3,(H,23,25). The lowest BCUT2D eigenvalue weighted by Gasteiger charge is -2.13. The molecule has 0 amide bonds. The van der Waals surface area contributed by atoms with Gasteiger partial charge in [0.1, 0.15) is 0 Å². The van der Waals surface area contributed by atoms with Crippen molar-refractivity contribution in [1.82, 2.24) is 9.55 Å². The van der Waals surface area contributed by atoms with Crippen molar-refractivity contribution < 1.29 is 13.2 Å². The largest absolute Gasteiger partial charge is 0.416 e. The van der Waals surface area contributed by atoms with E-state index in [2.05, 4.69) is 4.98 Å². The summed E-state index contributed by atoms with van der Waals surface area (Å²) in [6.07, 6.45) is -2.09. The maximum Gasteiger partial charge on any atom is 0.416 e. The monoisotopic (exact) mass is 366 g/mol. The van der Waals surface area contributed by atoms with Crippen LogP contribution in [-0.4, -0.2) is 9.55 Å². The predicted molar refractivity (Wildman–Crippen MR) is 91.2 cm³/mol. The molecule has 130 valence electrons. The van der Waals surface area contributed by atoms with Gasteiger partial charge >= 0.3 is 11.9 Å². The molecule has 1 aromatic heterocycles. The molecular weight excluding hydrogens is 353 g/mol. The van der Waals surface area contributed by atoms with Gasteiger partial charge in [-0.25, -0.2) is 4.79 Å². The van der Waals surface area contributed by atoms with Gasteiger partial charge in [-0.05, 0) is 36.2 Å². The number of nitrogens with one attached hydrogen (secondary N) is 1. The van der Waals surface area contributed by atoms with Crippen molar-refractivity contribution in [2.45, 2.75) is 19.5 Å². The molecule has 0 atom stereocenters. The van der Waals surface area contributed by atoms with Crippen LogP contribution in [0.2, 0.25) is 5.02 Å². The van der Waals surface area contributed by atoms with Gasteiger partial charge in [0.05, 0.1) is 16.3 Å². The molecule has 0 bridgehead atoms. The van der Waals surface area contributed by atoms with Gasteiger partial charge in [-0.2, -0.15) is 13.2 Å². The number of benzene rings is 2. The maximum atomic E-state index is 12.8. The summed E-state index contributed by atoms with van der Waals surface area (Å²) in [5, 5.41) is 0.350. The minimum atomic E-state index is -4.41. The summed E-state index contributed by atoms with van der Waals surface area (Å²) in [5.74, 6) is 0. The lowest BCUT2D eigenvalue weighted by molar-refractivity contribution is -0.137. The zero-order chi connectivity index (χ0) is 18.2. The fourth-order valence-corrected chi connectivity index (χ4v) is 2.91. The van der Waals surface area contributed by atoms with Gasteiger partial charge in [-0.15, -0.1) is 0 Å². The Labute approximate surface area is 146 Å². The van der Waals surface area contributed by atoms with Gasteiger partial charge in [0.15, 0.2) is 0 Å². The molecule has 3 aromatic rings. The van der Waals surface area contributed by atoms with Crippen molar-refractivity contribution in [2.24, 2.45) is 0 Å². The number of H-pyrrole nitrogens is 1. The normalized spacial score (nSPS) is 11.7. The van der Waals surface area contributed by atoms with Crippen LogP contribution in [-0.2, 0) is 12.6 Å². The molecule has 0 radical (unpaired) electrons. The number of aromatic amines is 1. The Bertz CT molecular complexity index is 956. The van der Waals surface area contributed by atoms with E-state index in [1.165, 1.54) is 16.7 Å². The van der Waals surface area contributed by atoms with Crippen LogP contribution in [0.25, 0.3) is 16.8 Å². The van der Waals surface area contributed by atoms with Crippen molar-refractivity contribution in [3.8, 4) is 16.8 Å². The lowest BCUT2D eigenvalue weighted by atomic mass is 10.0. The highest BCUT2D eigenvalue weighted by Gasteiger charge is 2.30. The van der Waals surface area contributed by atoms with Crippen molar-refractivity contribution >= 4 is 11.6 Å². The first-order chi connectivity index (χ1) is 11.8. The highest BCUT2D eigenvalue weighted by Crippen LogP contribution is 2.36. The van der Waals surface area contributed by atoms with Crippen LogP contribution in [0.1, 0.15) is 18.2 Å². The second-order valence-electron chi connectivity index (χ2n) is 5.52. The molecule has 0 saturated heterocycles. The molecule has 1 N–H and O–H groups in total.